The van der Waals surface area contributed by atoms with Crippen molar-refractivity contribution in [3.63, 3.8) is 0 Å². The molecule has 0 heterocycles. The van der Waals surface area contributed by atoms with Crippen molar-refractivity contribution in [1.29, 1.82) is 0 Å². The molecule has 0 saturated carbocycles. The molecule has 0 bridgehead atoms. The Hall–Kier alpha value is -0.0400. The van der Waals surface area contributed by atoms with Gasteiger partial charge < -0.3 is 4.79 Å². The lowest BCUT2D eigenvalue weighted by Gasteiger charge is -1.85. The number of carbonyl (C=O) groups excluding carboxylic acids is 1. The minimum Gasteiger partial charge on any atom is -0.300 e. The Morgan fingerprint density at radius 2 is 2.57 bits per heavy atom. The number of Topliss-reactive ketones (excluding diaryl/α,β-unsaturated/α-hetero) is 1. The number of rotatable bonds is 3. The Morgan fingerprint density at radius 1 is 2.00 bits per heavy atom. The molecule has 2 heteroatoms. The highest BCUT2D eigenvalue weighted by atomic mass is 35.5. The quantitative estimate of drug-likeness (QED) is 0.523. The number of hydrogen-bond acceptors (Lipinski definition) is 1. The summed E-state index contributed by atoms with van der Waals surface area (Å²) < 4.78 is 27.8. The van der Waals surface area contributed by atoms with Gasteiger partial charge in [0, 0.05) is 17.7 Å². The third kappa shape index (κ3) is 5.96. The molecule has 0 aliphatic rings. The Kier molecular flexibility index (Phi) is 1.47. The third-order valence-corrected chi connectivity index (χ3v) is 0.538. The highest BCUT2D eigenvalue weighted by molar-refractivity contribution is 6.17. The smallest absolute Gasteiger partial charge is 0.129 e. The van der Waals surface area contributed by atoms with Crippen molar-refractivity contribution in [2.45, 2.75) is 19.7 Å². The van der Waals surface area contributed by atoms with Gasteiger partial charge in [-0.1, -0.05) is 0 Å². The van der Waals surface area contributed by atoms with Crippen LogP contribution in [0.3, 0.4) is 0 Å². The summed E-state index contributed by atoms with van der Waals surface area (Å²) in [5, 5.41) is 0. The predicted molar refractivity (Wildman–Crippen MR) is 30.6 cm³/mol. The molecule has 0 spiro atoms. The zero-order valence-electron chi connectivity index (χ0n) is 7.99. The molecule has 0 N–H and O–H groups in total. The fraction of sp³-hybridized carbons (Fsp3) is 0.800. The molecule has 42 valence electrons. The third-order valence-electron chi connectivity index (χ3n) is 0.404. The van der Waals surface area contributed by atoms with Crippen LogP contribution >= 0.6 is 11.6 Å². The van der Waals surface area contributed by atoms with Gasteiger partial charge in [0.2, 0.25) is 0 Å². The SMILES string of the molecule is [2H]C([2H])(Cl)C([2H])([2H])CC(C)=O. The van der Waals surface area contributed by atoms with Crippen LogP contribution in [0.25, 0.3) is 0 Å². The van der Waals surface area contributed by atoms with E-state index in [1.54, 1.807) is 0 Å². The monoisotopic (exact) mass is 124 g/mol. The normalized spacial score (nSPS) is 21.4. The van der Waals surface area contributed by atoms with Crippen LogP contribution in [0.5, 0.6) is 0 Å². The lowest BCUT2D eigenvalue weighted by atomic mass is 10.3. The van der Waals surface area contributed by atoms with Gasteiger partial charge in [0.1, 0.15) is 5.78 Å². The van der Waals surface area contributed by atoms with E-state index < -0.39 is 24.4 Å². The molecule has 7 heavy (non-hydrogen) atoms. The lowest BCUT2D eigenvalue weighted by Crippen LogP contribution is -1.88. The molecule has 0 aliphatic carbocycles. The van der Waals surface area contributed by atoms with Gasteiger partial charge >= 0.3 is 0 Å². The number of halogens is 1. The van der Waals surface area contributed by atoms with E-state index in [-0.39, 0.29) is 0 Å². The van der Waals surface area contributed by atoms with Crippen molar-refractivity contribution in [3.05, 3.63) is 0 Å². The van der Waals surface area contributed by atoms with Crippen LogP contribution in [0.2, 0.25) is 0 Å². The van der Waals surface area contributed by atoms with Crippen LogP contribution in [-0.4, -0.2) is 11.6 Å². The summed E-state index contributed by atoms with van der Waals surface area (Å²) in [7, 11) is 0. The van der Waals surface area contributed by atoms with Crippen molar-refractivity contribution in [1.82, 2.24) is 0 Å². The first-order chi connectivity index (χ1) is 4.67. The van der Waals surface area contributed by atoms with Crippen LogP contribution in [-0.2, 0) is 4.79 Å². The Balaban J connectivity index is 4.34. The van der Waals surface area contributed by atoms with Crippen LogP contribution in [0.1, 0.15) is 25.2 Å². The molecule has 0 atom stereocenters. The number of hydrogen-bond donors (Lipinski definition) is 0. The van der Waals surface area contributed by atoms with Crippen molar-refractivity contribution >= 4 is 17.4 Å². The zero-order valence-corrected chi connectivity index (χ0v) is 4.75. The molecule has 0 aromatic carbocycles. The van der Waals surface area contributed by atoms with Crippen molar-refractivity contribution < 1.29 is 10.3 Å². The van der Waals surface area contributed by atoms with E-state index in [1.807, 2.05) is 0 Å². The number of ketones is 1. The van der Waals surface area contributed by atoms with E-state index in [4.69, 9.17) is 17.1 Å². The fourth-order valence-corrected chi connectivity index (χ4v) is 0.225. The molecular weight excluding hydrogens is 112 g/mol. The lowest BCUT2D eigenvalue weighted by molar-refractivity contribution is -0.117. The maximum Gasteiger partial charge on any atom is 0.129 e. The average Bonchev–Trinajstić information content (AvgIpc) is 1.56. The maximum atomic E-state index is 10.4. The largest absolute Gasteiger partial charge is 0.300 e. The first-order valence-corrected chi connectivity index (χ1v) is 2.23. The van der Waals surface area contributed by atoms with Gasteiger partial charge in [0.05, 0.1) is 0 Å². The summed E-state index contributed by atoms with van der Waals surface area (Å²) in [6.45, 7) is 1.19. The second kappa shape index (κ2) is 4.13. The Labute approximate surface area is 54.3 Å². The molecule has 0 saturated heterocycles. The van der Waals surface area contributed by atoms with Crippen molar-refractivity contribution in [2.24, 2.45) is 0 Å². The molecule has 0 aromatic heterocycles. The zero-order chi connectivity index (χ0) is 9.28. The fourth-order valence-electron chi connectivity index (χ4n) is 0.158. The van der Waals surface area contributed by atoms with Gasteiger partial charge in [-0.25, -0.2) is 0 Å². The minimum atomic E-state index is -2.49. The molecule has 0 aliphatic heterocycles. The minimum absolute atomic E-state index is 0.417. The topological polar surface area (TPSA) is 17.1 Å². The summed E-state index contributed by atoms with van der Waals surface area (Å²) in [5.74, 6) is -2.90. The van der Waals surface area contributed by atoms with E-state index in [2.05, 4.69) is 0 Å². The second-order valence-corrected chi connectivity index (χ2v) is 1.34. The van der Waals surface area contributed by atoms with E-state index >= 15 is 0 Å². The van der Waals surface area contributed by atoms with E-state index in [0.717, 1.165) is 0 Å². The number of carbonyl (C=O) groups is 1. The molecule has 0 rings (SSSR count). The summed E-state index contributed by atoms with van der Waals surface area (Å²) in [6.07, 6.45) is -2.79. The summed E-state index contributed by atoms with van der Waals surface area (Å²) in [6, 6.07) is 0. The summed E-state index contributed by atoms with van der Waals surface area (Å²) >= 11 is 5.08. The van der Waals surface area contributed by atoms with Gasteiger partial charge in [-0.2, -0.15) is 0 Å². The number of alkyl halides is 1. The molecule has 0 unspecified atom stereocenters. The van der Waals surface area contributed by atoms with Gasteiger partial charge in [-0.15, -0.1) is 11.6 Å². The summed E-state index contributed by atoms with van der Waals surface area (Å²) in [4.78, 5) is 10.4. The Bertz CT molecular complexity index is 162. The molecule has 0 amide bonds. The van der Waals surface area contributed by atoms with Crippen LogP contribution in [0.15, 0.2) is 0 Å². The highest BCUT2D eigenvalue weighted by Crippen LogP contribution is 1.90. The highest BCUT2D eigenvalue weighted by Gasteiger charge is 1.88. The first kappa shape index (κ1) is 2.49. The molecule has 0 radical (unpaired) electrons. The summed E-state index contributed by atoms with van der Waals surface area (Å²) in [5.41, 5.74) is 0. The van der Waals surface area contributed by atoms with E-state index in [0.29, 0.717) is 0 Å². The molecule has 0 fully saturated rings. The van der Waals surface area contributed by atoms with Gasteiger partial charge in [-0.3, -0.25) is 0 Å². The van der Waals surface area contributed by atoms with Gasteiger partial charge in [-0.05, 0) is 13.3 Å². The van der Waals surface area contributed by atoms with E-state index in [9.17, 15) is 4.79 Å². The predicted octanol–water partition coefficient (Wildman–Crippen LogP) is 1.59. The van der Waals surface area contributed by atoms with Crippen LogP contribution < -0.4 is 0 Å². The van der Waals surface area contributed by atoms with Crippen LogP contribution in [0, 0.1) is 0 Å². The standard InChI is InChI=1S/C5H9ClO/c1-5(7)3-2-4-6/h2-4H2,1H3/i2D2,4D2. The van der Waals surface area contributed by atoms with Crippen molar-refractivity contribution in [2.75, 3.05) is 5.83 Å². The first-order valence-electron chi connectivity index (χ1n) is 3.85. The van der Waals surface area contributed by atoms with Crippen LogP contribution in [0.4, 0.5) is 0 Å². The van der Waals surface area contributed by atoms with Gasteiger partial charge in [0.15, 0.2) is 0 Å². The maximum absolute atomic E-state index is 10.4. The second-order valence-electron chi connectivity index (χ2n) is 1.15. The molecule has 0 aromatic rings. The van der Waals surface area contributed by atoms with E-state index in [1.165, 1.54) is 6.92 Å². The van der Waals surface area contributed by atoms with Crippen molar-refractivity contribution in [3.8, 4) is 0 Å². The van der Waals surface area contributed by atoms with Gasteiger partial charge in [0.25, 0.3) is 0 Å². The molecular formula is C5H9ClO. The molecule has 1 nitrogen and oxygen atoms in total. The Morgan fingerprint density at radius 3 is 2.71 bits per heavy atom. The average molecular weight is 125 g/mol.